The minimum absolute atomic E-state index is 0. The lowest BCUT2D eigenvalue weighted by atomic mass is 10.3. The van der Waals surface area contributed by atoms with Crippen LogP contribution in [0.3, 0.4) is 0 Å². The van der Waals surface area contributed by atoms with Gasteiger partial charge in [-0.1, -0.05) is 13.8 Å². The molecule has 6 heteroatoms. The van der Waals surface area contributed by atoms with E-state index in [-0.39, 0.29) is 25.8 Å². The van der Waals surface area contributed by atoms with Gasteiger partial charge in [0.15, 0.2) is 11.5 Å². The van der Waals surface area contributed by atoms with E-state index in [4.69, 9.17) is 14.2 Å². The summed E-state index contributed by atoms with van der Waals surface area (Å²) in [7, 11) is 0. The van der Waals surface area contributed by atoms with Crippen LogP contribution < -0.4 is 26.6 Å². The van der Waals surface area contributed by atoms with E-state index < -0.39 is 6.10 Å². The molecule has 0 spiro atoms. The van der Waals surface area contributed by atoms with E-state index in [0.717, 1.165) is 18.8 Å². The van der Waals surface area contributed by atoms with Crippen molar-refractivity contribution in [3.05, 3.63) is 18.2 Å². The van der Waals surface area contributed by atoms with Crippen LogP contribution in [0.25, 0.3) is 0 Å². The van der Waals surface area contributed by atoms with Gasteiger partial charge in [0.05, 0.1) is 0 Å². The largest absolute Gasteiger partial charge is 1.00 e. The maximum absolute atomic E-state index is 9.91. The van der Waals surface area contributed by atoms with Gasteiger partial charge in [0, 0.05) is 12.6 Å². The summed E-state index contributed by atoms with van der Waals surface area (Å²) in [5.74, 6) is 2.11. The Morgan fingerprint density at radius 2 is 1.95 bits per heavy atom. The first-order valence-electron chi connectivity index (χ1n) is 6.65. The molecule has 20 heavy (non-hydrogen) atoms. The minimum atomic E-state index is -0.495. The third-order valence-corrected chi connectivity index (χ3v) is 3.15. The molecule has 5 nitrogen and oxygen atoms in total. The Hall–Kier alpha value is -1.17. The molecule has 0 aliphatic carbocycles. The van der Waals surface area contributed by atoms with Crippen LogP contribution in [0, 0.1) is 0 Å². The molecule has 0 saturated heterocycles. The Labute approximate surface area is 125 Å². The van der Waals surface area contributed by atoms with Gasteiger partial charge >= 0.3 is 0 Å². The number of aliphatic hydroxyl groups excluding tert-OH is 1. The first-order chi connectivity index (χ1) is 9.22. The molecule has 0 amide bonds. The first-order valence-corrected chi connectivity index (χ1v) is 6.65. The third-order valence-electron chi connectivity index (χ3n) is 3.15. The van der Waals surface area contributed by atoms with Gasteiger partial charge in [-0.25, -0.2) is 0 Å². The molecule has 1 heterocycles. The highest BCUT2D eigenvalue weighted by atomic mass is 35.5. The molecule has 1 N–H and O–H groups in total. The van der Waals surface area contributed by atoms with Crippen LogP contribution in [0.4, 0.5) is 0 Å². The van der Waals surface area contributed by atoms with Gasteiger partial charge in [0.25, 0.3) is 0 Å². The van der Waals surface area contributed by atoms with Crippen molar-refractivity contribution < 1.29 is 31.7 Å². The van der Waals surface area contributed by atoms with Gasteiger partial charge in [0.2, 0.25) is 6.79 Å². The van der Waals surface area contributed by atoms with Crippen molar-refractivity contribution in [2.45, 2.75) is 20.0 Å². The number of hydrogen-bond donors (Lipinski definition) is 1. The molecule has 0 aromatic heterocycles. The SMILES string of the molecule is CCN(CC)CC(O)COc1ccc2c(c1)OCO2.[Cl-]. The molecule has 0 radical (unpaired) electrons. The molecule has 114 valence electrons. The van der Waals surface area contributed by atoms with E-state index in [0.29, 0.717) is 18.0 Å². The number of hydrogen-bond acceptors (Lipinski definition) is 5. The van der Waals surface area contributed by atoms with E-state index in [1.807, 2.05) is 12.1 Å². The van der Waals surface area contributed by atoms with E-state index >= 15 is 0 Å². The second kappa shape index (κ2) is 8.19. The van der Waals surface area contributed by atoms with Crippen LogP contribution in [0.15, 0.2) is 18.2 Å². The molecule has 0 saturated carbocycles. The quantitative estimate of drug-likeness (QED) is 0.664. The highest BCUT2D eigenvalue weighted by Gasteiger charge is 2.15. The van der Waals surface area contributed by atoms with Gasteiger partial charge < -0.3 is 36.6 Å². The maximum atomic E-state index is 9.91. The molecule has 2 rings (SSSR count). The highest BCUT2D eigenvalue weighted by molar-refractivity contribution is 5.46. The van der Waals surface area contributed by atoms with Crippen molar-refractivity contribution in [2.75, 3.05) is 33.0 Å². The van der Waals surface area contributed by atoms with Crippen LogP contribution in [0.5, 0.6) is 17.2 Å². The lowest BCUT2D eigenvalue weighted by Crippen LogP contribution is -3.00. The zero-order chi connectivity index (χ0) is 13.7. The van der Waals surface area contributed by atoms with E-state index in [2.05, 4.69) is 18.7 Å². The molecule has 1 aromatic carbocycles. The number of fused-ring (bicyclic) bond motifs is 1. The van der Waals surface area contributed by atoms with Crippen molar-refractivity contribution in [1.29, 1.82) is 0 Å². The second-order valence-electron chi connectivity index (χ2n) is 4.47. The van der Waals surface area contributed by atoms with Gasteiger partial charge in [-0.2, -0.15) is 0 Å². The fourth-order valence-corrected chi connectivity index (χ4v) is 1.99. The number of aliphatic hydroxyl groups is 1. The van der Waals surface area contributed by atoms with Crippen LogP contribution in [0.1, 0.15) is 13.8 Å². The van der Waals surface area contributed by atoms with Gasteiger partial charge in [-0.15, -0.1) is 0 Å². The van der Waals surface area contributed by atoms with Crippen LogP contribution in [-0.4, -0.2) is 49.1 Å². The molecule has 1 unspecified atom stereocenters. The topological polar surface area (TPSA) is 51.2 Å². The van der Waals surface area contributed by atoms with Crippen LogP contribution in [0.2, 0.25) is 0 Å². The van der Waals surface area contributed by atoms with Gasteiger partial charge in [-0.05, 0) is 25.2 Å². The number of nitrogens with zero attached hydrogens (tertiary/aromatic N) is 1. The van der Waals surface area contributed by atoms with Gasteiger partial charge in [0.1, 0.15) is 18.5 Å². The lowest BCUT2D eigenvalue weighted by molar-refractivity contribution is -0.00000765. The number of rotatable bonds is 7. The Bertz CT molecular complexity index is 412. The summed E-state index contributed by atoms with van der Waals surface area (Å²) in [6.07, 6.45) is -0.495. The summed E-state index contributed by atoms with van der Waals surface area (Å²) in [5, 5.41) is 9.91. The van der Waals surface area contributed by atoms with Gasteiger partial charge in [-0.3, -0.25) is 0 Å². The Kier molecular flexibility index (Phi) is 6.91. The Morgan fingerprint density at radius 1 is 1.25 bits per heavy atom. The lowest BCUT2D eigenvalue weighted by Gasteiger charge is -2.21. The summed E-state index contributed by atoms with van der Waals surface area (Å²) < 4.78 is 16.1. The number of ether oxygens (including phenoxy) is 3. The minimum Gasteiger partial charge on any atom is -1.00 e. The number of benzene rings is 1. The van der Waals surface area contributed by atoms with Crippen molar-refractivity contribution in [3.8, 4) is 17.2 Å². The summed E-state index contributed by atoms with van der Waals surface area (Å²) in [6, 6.07) is 5.42. The monoisotopic (exact) mass is 302 g/mol. The smallest absolute Gasteiger partial charge is 0.231 e. The summed E-state index contributed by atoms with van der Waals surface area (Å²) >= 11 is 0. The second-order valence-corrected chi connectivity index (χ2v) is 4.47. The molecule has 1 aliphatic heterocycles. The first kappa shape index (κ1) is 16.9. The van der Waals surface area contributed by atoms with Crippen LogP contribution in [-0.2, 0) is 0 Å². The Balaban J connectivity index is 0.00000200. The molecule has 1 aliphatic rings. The third kappa shape index (κ3) is 4.44. The number of likely N-dealkylation sites (N-methyl/N-ethyl adjacent to an activating group) is 1. The Morgan fingerprint density at radius 3 is 2.65 bits per heavy atom. The molecule has 1 atom stereocenters. The zero-order valence-corrected chi connectivity index (χ0v) is 12.6. The molecule has 0 fully saturated rings. The summed E-state index contributed by atoms with van der Waals surface area (Å²) in [6.45, 7) is 7.16. The standard InChI is InChI=1S/C14H21NO4.ClH/c1-3-15(4-2)8-11(16)9-17-12-5-6-13-14(7-12)19-10-18-13;/h5-7,11,16H,3-4,8-10H2,1-2H3;1H/p-1. The molecule has 1 aromatic rings. The molecule has 0 bridgehead atoms. The normalized spacial score (nSPS) is 14.0. The highest BCUT2D eigenvalue weighted by Crippen LogP contribution is 2.35. The average molecular weight is 303 g/mol. The van der Waals surface area contributed by atoms with Crippen molar-refractivity contribution in [3.63, 3.8) is 0 Å². The fourth-order valence-electron chi connectivity index (χ4n) is 1.99. The molecular weight excluding hydrogens is 282 g/mol. The van der Waals surface area contributed by atoms with E-state index in [1.54, 1.807) is 6.07 Å². The number of halogens is 1. The van der Waals surface area contributed by atoms with Crippen molar-refractivity contribution in [2.24, 2.45) is 0 Å². The zero-order valence-electron chi connectivity index (χ0n) is 11.8. The van der Waals surface area contributed by atoms with Crippen molar-refractivity contribution in [1.82, 2.24) is 4.90 Å². The maximum Gasteiger partial charge on any atom is 0.231 e. The van der Waals surface area contributed by atoms with Crippen LogP contribution >= 0.6 is 0 Å². The van der Waals surface area contributed by atoms with E-state index in [1.165, 1.54) is 0 Å². The summed E-state index contributed by atoms with van der Waals surface area (Å²) in [5.41, 5.74) is 0. The summed E-state index contributed by atoms with van der Waals surface area (Å²) in [4.78, 5) is 2.16. The van der Waals surface area contributed by atoms with E-state index in [9.17, 15) is 5.11 Å². The van der Waals surface area contributed by atoms with Crippen molar-refractivity contribution >= 4 is 0 Å². The predicted octanol–water partition coefficient (Wildman–Crippen LogP) is -1.50. The predicted molar refractivity (Wildman–Crippen MR) is 71.9 cm³/mol. The average Bonchev–Trinajstić information content (AvgIpc) is 2.89. The fraction of sp³-hybridized carbons (Fsp3) is 0.571. The molecular formula is C14H21ClNO4-.